The van der Waals surface area contributed by atoms with E-state index in [1.165, 1.54) is 0 Å². The number of hydrogen-bond acceptors (Lipinski definition) is 5. The van der Waals surface area contributed by atoms with E-state index in [9.17, 15) is 0 Å². The molecule has 1 rings (SSSR count). The second-order valence-electron chi connectivity index (χ2n) is 3.59. The predicted molar refractivity (Wildman–Crippen MR) is 48.6 cm³/mol. The SMILES string of the molecule is COCC(C)(C)Nc1nc(C)no1. The number of rotatable bonds is 4. The third kappa shape index (κ3) is 3.02. The molecule has 5 nitrogen and oxygen atoms in total. The van der Waals surface area contributed by atoms with Gasteiger partial charge in [0, 0.05) is 7.11 Å². The van der Waals surface area contributed by atoms with Crippen molar-refractivity contribution in [2.75, 3.05) is 19.0 Å². The molecule has 0 aliphatic heterocycles. The number of hydrogen-bond donors (Lipinski definition) is 1. The summed E-state index contributed by atoms with van der Waals surface area (Å²) in [6.07, 6.45) is 0. The topological polar surface area (TPSA) is 60.2 Å². The lowest BCUT2D eigenvalue weighted by Gasteiger charge is -2.23. The van der Waals surface area contributed by atoms with Crippen molar-refractivity contribution < 1.29 is 9.26 Å². The van der Waals surface area contributed by atoms with E-state index in [-0.39, 0.29) is 5.54 Å². The van der Waals surface area contributed by atoms with Gasteiger partial charge in [-0.25, -0.2) is 0 Å². The van der Waals surface area contributed by atoms with Crippen LogP contribution in [0.4, 0.5) is 6.01 Å². The Balaban J connectivity index is 2.57. The number of nitrogens with zero attached hydrogens (tertiary/aromatic N) is 2. The highest BCUT2D eigenvalue weighted by molar-refractivity contribution is 5.23. The summed E-state index contributed by atoms with van der Waals surface area (Å²) in [5.74, 6) is 0.621. The summed E-state index contributed by atoms with van der Waals surface area (Å²) in [6, 6.07) is 0.430. The molecule has 0 saturated heterocycles. The third-order valence-electron chi connectivity index (χ3n) is 1.48. The molecule has 0 aliphatic carbocycles. The van der Waals surface area contributed by atoms with Gasteiger partial charge in [0.05, 0.1) is 12.1 Å². The van der Waals surface area contributed by atoms with Crippen molar-refractivity contribution in [3.8, 4) is 0 Å². The Morgan fingerprint density at radius 2 is 2.23 bits per heavy atom. The highest BCUT2D eigenvalue weighted by Crippen LogP contribution is 2.12. The molecule has 1 heterocycles. The minimum Gasteiger partial charge on any atom is -0.382 e. The summed E-state index contributed by atoms with van der Waals surface area (Å²) in [5, 5.41) is 6.75. The summed E-state index contributed by atoms with van der Waals surface area (Å²) < 4.78 is 9.95. The number of methoxy groups -OCH3 is 1. The zero-order valence-corrected chi connectivity index (χ0v) is 8.42. The monoisotopic (exact) mass is 185 g/mol. The fourth-order valence-corrected chi connectivity index (χ4v) is 1.03. The van der Waals surface area contributed by atoms with Gasteiger partial charge in [0.15, 0.2) is 5.82 Å². The Hall–Kier alpha value is -1.10. The van der Waals surface area contributed by atoms with Crippen LogP contribution in [0.2, 0.25) is 0 Å². The van der Waals surface area contributed by atoms with Gasteiger partial charge in [-0.05, 0) is 20.8 Å². The third-order valence-corrected chi connectivity index (χ3v) is 1.48. The molecule has 0 saturated carbocycles. The van der Waals surface area contributed by atoms with E-state index >= 15 is 0 Å². The fraction of sp³-hybridized carbons (Fsp3) is 0.750. The van der Waals surface area contributed by atoms with E-state index in [0.29, 0.717) is 18.4 Å². The lowest BCUT2D eigenvalue weighted by Crippen LogP contribution is -2.35. The molecule has 0 radical (unpaired) electrons. The van der Waals surface area contributed by atoms with E-state index in [1.807, 2.05) is 13.8 Å². The highest BCUT2D eigenvalue weighted by atomic mass is 16.5. The lowest BCUT2D eigenvalue weighted by molar-refractivity contribution is 0.156. The van der Waals surface area contributed by atoms with E-state index in [0.717, 1.165) is 0 Å². The van der Waals surface area contributed by atoms with Crippen LogP contribution in [0.15, 0.2) is 4.52 Å². The molecule has 0 amide bonds. The molecule has 1 N–H and O–H groups in total. The Kier molecular flexibility index (Phi) is 2.87. The van der Waals surface area contributed by atoms with Gasteiger partial charge in [-0.2, -0.15) is 4.98 Å². The van der Waals surface area contributed by atoms with Gasteiger partial charge in [0.2, 0.25) is 0 Å². The molecule has 74 valence electrons. The summed E-state index contributed by atoms with van der Waals surface area (Å²) in [7, 11) is 1.66. The molecule has 13 heavy (non-hydrogen) atoms. The van der Waals surface area contributed by atoms with Crippen molar-refractivity contribution in [1.29, 1.82) is 0 Å². The number of aromatic nitrogens is 2. The average Bonchev–Trinajstić information content (AvgIpc) is 2.34. The molecule has 0 atom stereocenters. The summed E-state index contributed by atoms with van der Waals surface area (Å²) in [6.45, 7) is 6.35. The molecule has 0 aromatic carbocycles. The van der Waals surface area contributed by atoms with Gasteiger partial charge in [0.25, 0.3) is 0 Å². The van der Waals surface area contributed by atoms with Crippen LogP contribution in [0.1, 0.15) is 19.7 Å². The first-order chi connectivity index (χ1) is 6.03. The van der Waals surface area contributed by atoms with Crippen LogP contribution >= 0.6 is 0 Å². The van der Waals surface area contributed by atoms with Gasteiger partial charge in [-0.15, -0.1) is 0 Å². The number of aryl methyl sites for hydroxylation is 1. The first kappa shape index (κ1) is 9.98. The smallest absolute Gasteiger partial charge is 0.321 e. The van der Waals surface area contributed by atoms with Crippen molar-refractivity contribution in [3.63, 3.8) is 0 Å². The largest absolute Gasteiger partial charge is 0.382 e. The molecule has 0 unspecified atom stereocenters. The normalized spacial score (nSPS) is 11.7. The van der Waals surface area contributed by atoms with Crippen molar-refractivity contribution in [2.45, 2.75) is 26.3 Å². The maximum absolute atomic E-state index is 5.03. The van der Waals surface area contributed by atoms with Crippen LogP contribution in [0, 0.1) is 6.92 Å². The molecule has 0 spiro atoms. The summed E-state index contributed by atoms with van der Waals surface area (Å²) in [5.41, 5.74) is -0.201. The van der Waals surface area contributed by atoms with Crippen molar-refractivity contribution in [3.05, 3.63) is 5.82 Å². The van der Waals surface area contributed by atoms with Crippen LogP contribution in [0.25, 0.3) is 0 Å². The molecule has 0 fully saturated rings. The molecule has 1 aromatic rings. The zero-order chi connectivity index (χ0) is 9.90. The standard InChI is InChI=1S/C8H15N3O2/c1-6-9-7(13-11-6)10-8(2,3)5-12-4/h5H2,1-4H3,(H,9,10,11). The number of anilines is 1. The molecule has 5 heteroatoms. The maximum atomic E-state index is 5.03. The van der Waals surface area contributed by atoms with Gasteiger partial charge >= 0.3 is 6.01 Å². The maximum Gasteiger partial charge on any atom is 0.321 e. The van der Waals surface area contributed by atoms with Crippen molar-refractivity contribution >= 4 is 6.01 Å². The second-order valence-corrected chi connectivity index (χ2v) is 3.59. The lowest BCUT2D eigenvalue weighted by atomic mass is 10.1. The summed E-state index contributed by atoms with van der Waals surface area (Å²) in [4.78, 5) is 4.03. The first-order valence-corrected chi connectivity index (χ1v) is 4.11. The Morgan fingerprint density at radius 1 is 1.54 bits per heavy atom. The average molecular weight is 185 g/mol. The minimum absolute atomic E-state index is 0.201. The van der Waals surface area contributed by atoms with Crippen LogP contribution in [-0.2, 0) is 4.74 Å². The first-order valence-electron chi connectivity index (χ1n) is 4.11. The van der Waals surface area contributed by atoms with Gasteiger partial charge in [-0.3, -0.25) is 0 Å². The predicted octanol–water partition coefficient (Wildman–Crippen LogP) is 1.21. The summed E-state index contributed by atoms with van der Waals surface area (Å²) >= 11 is 0. The second kappa shape index (κ2) is 3.74. The van der Waals surface area contributed by atoms with Crippen LogP contribution in [-0.4, -0.2) is 29.4 Å². The molecule has 0 aliphatic rings. The number of ether oxygens (including phenoxy) is 1. The van der Waals surface area contributed by atoms with Crippen LogP contribution < -0.4 is 5.32 Å². The Morgan fingerprint density at radius 3 is 2.69 bits per heavy atom. The number of nitrogens with one attached hydrogen (secondary N) is 1. The van der Waals surface area contributed by atoms with Gasteiger partial charge in [0.1, 0.15) is 0 Å². The molecule has 1 aromatic heterocycles. The molecule has 0 bridgehead atoms. The zero-order valence-electron chi connectivity index (χ0n) is 8.42. The van der Waals surface area contributed by atoms with Gasteiger partial charge < -0.3 is 14.6 Å². The molecular weight excluding hydrogens is 170 g/mol. The Bertz CT molecular complexity index is 270. The van der Waals surface area contributed by atoms with Crippen LogP contribution in [0.3, 0.4) is 0 Å². The van der Waals surface area contributed by atoms with E-state index < -0.39 is 0 Å². The van der Waals surface area contributed by atoms with Gasteiger partial charge in [-0.1, -0.05) is 5.16 Å². The van der Waals surface area contributed by atoms with Crippen molar-refractivity contribution in [1.82, 2.24) is 10.1 Å². The Labute approximate surface area is 77.5 Å². The van der Waals surface area contributed by atoms with E-state index in [2.05, 4.69) is 15.5 Å². The minimum atomic E-state index is -0.201. The van der Waals surface area contributed by atoms with Crippen molar-refractivity contribution in [2.24, 2.45) is 0 Å². The highest BCUT2D eigenvalue weighted by Gasteiger charge is 2.19. The quantitative estimate of drug-likeness (QED) is 0.764. The fourth-order valence-electron chi connectivity index (χ4n) is 1.03. The van der Waals surface area contributed by atoms with Crippen LogP contribution in [0.5, 0.6) is 0 Å². The van der Waals surface area contributed by atoms with E-state index in [1.54, 1.807) is 14.0 Å². The molecular formula is C8H15N3O2. The van der Waals surface area contributed by atoms with E-state index in [4.69, 9.17) is 9.26 Å².